The fraction of sp³-hybridized carbons (Fsp3) is 0.364. The van der Waals surface area contributed by atoms with Crippen LogP contribution in [0.25, 0.3) is 0 Å². The molecule has 2 N–H and O–H groups in total. The summed E-state index contributed by atoms with van der Waals surface area (Å²) in [6.07, 6.45) is 3.52. The maximum atomic E-state index is 9.86. The minimum atomic E-state index is -0.553. The fourth-order valence-electron chi connectivity index (χ4n) is 1.38. The van der Waals surface area contributed by atoms with Crippen molar-refractivity contribution in [3.8, 4) is 0 Å². The first kappa shape index (κ1) is 11.9. The van der Waals surface area contributed by atoms with Gasteiger partial charge in [-0.1, -0.05) is 6.92 Å². The van der Waals surface area contributed by atoms with Gasteiger partial charge >= 0.3 is 0 Å². The Balaban J connectivity index is 1.93. The predicted octanol–water partition coefficient (Wildman–Crippen LogP) is 1.64. The van der Waals surface area contributed by atoms with Crippen molar-refractivity contribution < 1.29 is 5.11 Å². The van der Waals surface area contributed by atoms with Gasteiger partial charge in [-0.25, -0.2) is 9.97 Å². The van der Waals surface area contributed by atoms with E-state index in [0.29, 0.717) is 6.54 Å². The average molecular weight is 250 g/mol. The van der Waals surface area contributed by atoms with E-state index in [1.54, 1.807) is 11.7 Å². The normalized spacial score (nSPS) is 12.4. The van der Waals surface area contributed by atoms with E-state index >= 15 is 0 Å². The average Bonchev–Trinajstić information content (AvgIpc) is 2.90. The molecule has 0 aromatic carbocycles. The number of hydrogen-bond donors (Lipinski definition) is 2. The van der Waals surface area contributed by atoms with Crippen LogP contribution in [0.5, 0.6) is 0 Å². The summed E-state index contributed by atoms with van der Waals surface area (Å²) in [4.78, 5) is 13.0. The molecule has 17 heavy (non-hydrogen) atoms. The first-order valence-electron chi connectivity index (χ1n) is 5.41. The first-order valence-corrected chi connectivity index (χ1v) is 6.28. The monoisotopic (exact) mass is 250 g/mol. The van der Waals surface area contributed by atoms with Gasteiger partial charge in [-0.3, -0.25) is 4.98 Å². The zero-order chi connectivity index (χ0) is 12.1. The van der Waals surface area contributed by atoms with Crippen molar-refractivity contribution in [2.45, 2.75) is 19.4 Å². The molecule has 0 aliphatic rings. The molecule has 0 saturated carbocycles. The summed E-state index contributed by atoms with van der Waals surface area (Å²) in [6.45, 7) is 2.46. The molecule has 0 aliphatic heterocycles. The minimum Gasteiger partial charge on any atom is -0.386 e. The Morgan fingerprint density at radius 3 is 3.06 bits per heavy atom. The van der Waals surface area contributed by atoms with Crippen molar-refractivity contribution in [2.24, 2.45) is 0 Å². The lowest BCUT2D eigenvalue weighted by Gasteiger charge is -2.10. The molecule has 0 amide bonds. The van der Waals surface area contributed by atoms with E-state index in [2.05, 4.69) is 20.3 Å². The van der Waals surface area contributed by atoms with E-state index in [0.717, 1.165) is 22.8 Å². The molecular weight excluding hydrogens is 236 g/mol. The number of aryl methyl sites for hydroxylation is 1. The van der Waals surface area contributed by atoms with E-state index in [9.17, 15) is 5.11 Å². The third-order valence-electron chi connectivity index (χ3n) is 2.34. The van der Waals surface area contributed by atoms with Gasteiger partial charge in [0.05, 0.1) is 10.4 Å². The number of aliphatic hydroxyl groups is 1. The van der Waals surface area contributed by atoms with Crippen molar-refractivity contribution in [1.29, 1.82) is 0 Å². The van der Waals surface area contributed by atoms with Gasteiger partial charge in [0.15, 0.2) is 0 Å². The zero-order valence-corrected chi connectivity index (χ0v) is 10.3. The van der Waals surface area contributed by atoms with E-state index in [1.807, 2.05) is 13.0 Å². The summed E-state index contributed by atoms with van der Waals surface area (Å²) in [5, 5.41) is 12.9. The van der Waals surface area contributed by atoms with Crippen LogP contribution in [0.1, 0.15) is 23.6 Å². The van der Waals surface area contributed by atoms with Gasteiger partial charge in [0, 0.05) is 24.5 Å². The SMILES string of the molecule is CCc1cc(NCC(O)c2cncs2)ncn1. The largest absolute Gasteiger partial charge is 0.386 e. The Kier molecular flexibility index (Phi) is 4.00. The number of aliphatic hydroxyl groups excluding tert-OH is 1. The molecule has 0 fully saturated rings. The lowest BCUT2D eigenvalue weighted by Crippen LogP contribution is -2.12. The van der Waals surface area contributed by atoms with Crippen LogP contribution < -0.4 is 5.32 Å². The molecule has 1 unspecified atom stereocenters. The van der Waals surface area contributed by atoms with Crippen LogP contribution >= 0.6 is 11.3 Å². The van der Waals surface area contributed by atoms with Gasteiger partial charge < -0.3 is 10.4 Å². The molecular formula is C11H14N4OS. The molecule has 2 aromatic heterocycles. The lowest BCUT2D eigenvalue weighted by molar-refractivity contribution is 0.195. The highest BCUT2D eigenvalue weighted by molar-refractivity contribution is 7.09. The highest BCUT2D eigenvalue weighted by Gasteiger charge is 2.09. The third-order valence-corrected chi connectivity index (χ3v) is 3.22. The number of aromatic nitrogens is 3. The molecule has 0 saturated heterocycles. The Hall–Kier alpha value is -1.53. The molecule has 0 spiro atoms. The van der Waals surface area contributed by atoms with Gasteiger partial charge in [0.25, 0.3) is 0 Å². The number of nitrogens with one attached hydrogen (secondary N) is 1. The Labute approximate surface area is 104 Å². The van der Waals surface area contributed by atoms with Crippen molar-refractivity contribution in [2.75, 3.05) is 11.9 Å². The molecule has 90 valence electrons. The molecule has 2 aromatic rings. The van der Waals surface area contributed by atoms with Crippen LogP contribution in [0.2, 0.25) is 0 Å². The third kappa shape index (κ3) is 3.21. The van der Waals surface area contributed by atoms with Crippen LogP contribution in [0, 0.1) is 0 Å². The minimum absolute atomic E-state index is 0.419. The summed E-state index contributed by atoms with van der Waals surface area (Å²) < 4.78 is 0. The van der Waals surface area contributed by atoms with Crippen molar-refractivity contribution in [3.05, 3.63) is 34.7 Å². The van der Waals surface area contributed by atoms with Crippen molar-refractivity contribution in [1.82, 2.24) is 15.0 Å². The number of rotatable bonds is 5. The number of thiazole rings is 1. The topological polar surface area (TPSA) is 70.9 Å². The molecule has 6 heteroatoms. The first-order chi connectivity index (χ1) is 8.29. The second-order valence-corrected chi connectivity index (χ2v) is 4.47. The molecule has 0 bridgehead atoms. The van der Waals surface area contributed by atoms with Crippen LogP contribution in [-0.4, -0.2) is 26.6 Å². The maximum absolute atomic E-state index is 9.86. The highest BCUT2D eigenvalue weighted by Crippen LogP contribution is 2.17. The van der Waals surface area contributed by atoms with Gasteiger partial charge in [0.2, 0.25) is 0 Å². The highest BCUT2D eigenvalue weighted by atomic mass is 32.1. The zero-order valence-electron chi connectivity index (χ0n) is 9.50. The summed E-state index contributed by atoms with van der Waals surface area (Å²) in [7, 11) is 0. The van der Waals surface area contributed by atoms with Gasteiger partial charge in [-0.15, -0.1) is 11.3 Å². The summed E-state index contributed by atoms with van der Waals surface area (Å²) >= 11 is 1.44. The smallest absolute Gasteiger partial charge is 0.129 e. The second-order valence-electron chi connectivity index (χ2n) is 3.55. The fourth-order valence-corrected chi connectivity index (χ4v) is 1.99. The Morgan fingerprint density at radius 2 is 2.35 bits per heavy atom. The maximum Gasteiger partial charge on any atom is 0.129 e. The Morgan fingerprint density at radius 1 is 1.47 bits per heavy atom. The van der Waals surface area contributed by atoms with E-state index in [4.69, 9.17) is 0 Å². The summed E-state index contributed by atoms with van der Waals surface area (Å²) in [5.41, 5.74) is 2.69. The molecule has 2 rings (SSSR count). The second kappa shape index (κ2) is 5.70. The van der Waals surface area contributed by atoms with Crippen LogP contribution in [0.3, 0.4) is 0 Å². The quantitative estimate of drug-likeness (QED) is 0.844. The van der Waals surface area contributed by atoms with Crippen molar-refractivity contribution >= 4 is 17.2 Å². The summed E-state index contributed by atoms with van der Waals surface area (Å²) in [5.74, 6) is 0.736. The van der Waals surface area contributed by atoms with Crippen LogP contribution in [0.15, 0.2) is 24.1 Å². The lowest BCUT2D eigenvalue weighted by atomic mass is 10.3. The van der Waals surface area contributed by atoms with E-state index in [-0.39, 0.29) is 0 Å². The Bertz CT molecular complexity index is 460. The molecule has 5 nitrogen and oxygen atoms in total. The number of anilines is 1. The molecule has 2 heterocycles. The predicted molar refractivity (Wildman–Crippen MR) is 67.0 cm³/mol. The van der Waals surface area contributed by atoms with Gasteiger partial charge in [0.1, 0.15) is 18.2 Å². The van der Waals surface area contributed by atoms with E-state index in [1.165, 1.54) is 17.7 Å². The number of nitrogens with zero attached hydrogens (tertiary/aromatic N) is 3. The van der Waals surface area contributed by atoms with Crippen molar-refractivity contribution in [3.63, 3.8) is 0 Å². The van der Waals surface area contributed by atoms with Gasteiger partial charge in [-0.05, 0) is 6.42 Å². The molecule has 1 atom stereocenters. The van der Waals surface area contributed by atoms with Gasteiger partial charge in [-0.2, -0.15) is 0 Å². The van der Waals surface area contributed by atoms with Crippen LogP contribution in [0.4, 0.5) is 5.82 Å². The standard InChI is InChI=1S/C11H14N4OS/c1-2-8-3-11(15-6-14-8)13-4-9(16)10-5-12-7-17-10/h3,5-7,9,16H,2,4H2,1H3,(H,13,14,15). The number of hydrogen-bond acceptors (Lipinski definition) is 6. The van der Waals surface area contributed by atoms with E-state index < -0.39 is 6.10 Å². The van der Waals surface area contributed by atoms with Crippen LogP contribution in [-0.2, 0) is 6.42 Å². The summed E-state index contributed by atoms with van der Waals surface area (Å²) in [6, 6.07) is 1.89. The molecule has 0 radical (unpaired) electrons. The molecule has 0 aliphatic carbocycles.